The number of hydrogen-bond donors (Lipinski definition) is 0. The van der Waals surface area contributed by atoms with Gasteiger partial charge < -0.3 is 5.01 Å². The summed E-state index contributed by atoms with van der Waals surface area (Å²) in [6.07, 6.45) is 0.961. The normalized spacial score (nSPS) is 11.5. The molecule has 0 radical (unpaired) electrons. The lowest BCUT2D eigenvalue weighted by atomic mass is 10.1. The summed E-state index contributed by atoms with van der Waals surface area (Å²) in [6, 6.07) is 10.3. The molecule has 0 fully saturated rings. The zero-order chi connectivity index (χ0) is 9.68. The van der Waals surface area contributed by atoms with Gasteiger partial charge in [-0.1, -0.05) is 37.3 Å². The van der Waals surface area contributed by atoms with Gasteiger partial charge in [-0.15, -0.1) is 0 Å². The molecule has 70 valence electrons. The highest BCUT2D eigenvalue weighted by atomic mass is 15.4. The first-order valence-electron chi connectivity index (χ1n) is 4.54. The van der Waals surface area contributed by atoms with Crippen molar-refractivity contribution in [1.29, 1.82) is 0 Å². The van der Waals surface area contributed by atoms with Crippen molar-refractivity contribution < 1.29 is 0 Å². The van der Waals surface area contributed by atoms with Gasteiger partial charge in [0.15, 0.2) is 0 Å². The van der Waals surface area contributed by atoms with Crippen LogP contribution in [0.5, 0.6) is 0 Å². The van der Waals surface area contributed by atoms with Crippen LogP contribution in [0.3, 0.4) is 0 Å². The van der Waals surface area contributed by atoms with Gasteiger partial charge in [0.1, 0.15) is 0 Å². The molecule has 0 unspecified atom stereocenters. The average molecular weight is 176 g/mol. The first-order valence-corrected chi connectivity index (χ1v) is 4.54. The van der Waals surface area contributed by atoms with E-state index in [4.69, 9.17) is 0 Å². The van der Waals surface area contributed by atoms with Crippen LogP contribution in [0, 0.1) is 0 Å². The number of hydrogen-bond acceptors (Lipinski definition) is 2. The Kier molecular flexibility index (Phi) is 3.50. The second kappa shape index (κ2) is 4.65. The lowest BCUT2D eigenvalue weighted by Gasteiger charge is -2.09. The maximum Gasteiger partial charge on any atom is 0.0674 e. The molecule has 0 aliphatic carbocycles. The molecular weight excluding hydrogens is 160 g/mol. The minimum absolute atomic E-state index is 0.961. The van der Waals surface area contributed by atoms with E-state index in [-0.39, 0.29) is 0 Å². The van der Waals surface area contributed by atoms with Gasteiger partial charge in [0.05, 0.1) is 5.71 Å². The molecular formula is C11H16N2. The Bertz CT molecular complexity index is 275. The molecule has 0 N–H and O–H groups in total. The van der Waals surface area contributed by atoms with Crippen LogP contribution < -0.4 is 0 Å². The van der Waals surface area contributed by atoms with Crippen LogP contribution >= 0.6 is 0 Å². The molecule has 1 aromatic rings. The average Bonchev–Trinajstić information content (AvgIpc) is 2.15. The predicted octanol–water partition coefficient (Wildman–Crippen LogP) is 2.36. The zero-order valence-electron chi connectivity index (χ0n) is 8.49. The van der Waals surface area contributed by atoms with Crippen molar-refractivity contribution in [2.45, 2.75) is 13.3 Å². The lowest BCUT2D eigenvalue weighted by molar-refractivity contribution is 0.437. The molecule has 1 rings (SSSR count). The zero-order valence-corrected chi connectivity index (χ0v) is 8.49. The molecule has 0 heterocycles. The fourth-order valence-electron chi connectivity index (χ4n) is 1.20. The third-order valence-electron chi connectivity index (χ3n) is 1.76. The molecule has 1 aromatic carbocycles. The summed E-state index contributed by atoms with van der Waals surface area (Å²) in [5.74, 6) is 0. The predicted molar refractivity (Wildman–Crippen MR) is 57.0 cm³/mol. The van der Waals surface area contributed by atoms with Crippen LogP contribution in [-0.2, 0) is 0 Å². The van der Waals surface area contributed by atoms with Crippen LogP contribution in [0.4, 0.5) is 0 Å². The van der Waals surface area contributed by atoms with Gasteiger partial charge >= 0.3 is 0 Å². The Balaban J connectivity index is 2.91. The Labute approximate surface area is 79.9 Å². The first-order chi connectivity index (χ1) is 6.24. The number of hydrazone groups is 1. The minimum Gasteiger partial charge on any atom is -0.303 e. The van der Waals surface area contributed by atoms with Crippen molar-refractivity contribution in [3.8, 4) is 0 Å². The fraction of sp³-hybridized carbons (Fsp3) is 0.364. The molecule has 0 aromatic heterocycles. The highest BCUT2D eigenvalue weighted by Gasteiger charge is 1.99. The maximum atomic E-state index is 4.42. The van der Waals surface area contributed by atoms with Crippen LogP contribution in [-0.4, -0.2) is 24.8 Å². The standard InChI is InChI=1S/C11H16N2/c1-4-11(12-13(2)3)10-8-6-5-7-9-10/h5-9H,4H2,1-3H3/b12-11-. The summed E-state index contributed by atoms with van der Waals surface area (Å²) in [6.45, 7) is 2.12. The molecule has 0 spiro atoms. The molecule has 0 aliphatic rings. The van der Waals surface area contributed by atoms with Crippen molar-refractivity contribution in [3.63, 3.8) is 0 Å². The molecule has 2 nitrogen and oxygen atoms in total. The summed E-state index contributed by atoms with van der Waals surface area (Å²) in [5.41, 5.74) is 2.34. The molecule has 0 amide bonds. The van der Waals surface area contributed by atoms with Crippen molar-refractivity contribution >= 4 is 5.71 Å². The molecule has 13 heavy (non-hydrogen) atoms. The Morgan fingerprint density at radius 1 is 1.23 bits per heavy atom. The van der Waals surface area contributed by atoms with Gasteiger partial charge in [0.2, 0.25) is 0 Å². The summed E-state index contributed by atoms with van der Waals surface area (Å²) in [5, 5.41) is 6.25. The Morgan fingerprint density at radius 3 is 2.31 bits per heavy atom. The van der Waals surface area contributed by atoms with E-state index in [2.05, 4.69) is 24.2 Å². The summed E-state index contributed by atoms with van der Waals surface area (Å²) >= 11 is 0. The summed E-state index contributed by atoms with van der Waals surface area (Å²) in [4.78, 5) is 0. The fourth-order valence-corrected chi connectivity index (χ4v) is 1.20. The van der Waals surface area contributed by atoms with Crippen LogP contribution in [0.15, 0.2) is 35.4 Å². The van der Waals surface area contributed by atoms with E-state index >= 15 is 0 Å². The summed E-state index contributed by atoms with van der Waals surface area (Å²) in [7, 11) is 3.89. The van der Waals surface area contributed by atoms with Crippen LogP contribution in [0.1, 0.15) is 18.9 Å². The number of nitrogens with zero attached hydrogens (tertiary/aromatic N) is 2. The van der Waals surface area contributed by atoms with Gasteiger partial charge in [0, 0.05) is 14.1 Å². The van der Waals surface area contributed by atoms with Crippen molar-refractivity contribution in [2.24, 2.45) is 5.10 Å². The topological polar surface area (TPSA) is 15.6 Å². The van der Waals surface area contributed by atoms with Crippen molar-refractivity contribution in [3.05, 3.63) is 35.9 Å². The molecule has 0 saturated carbocycles. The molecule has 0 aliphatic heterocycles. The number of rotatable bonds is 3. The smallest absolute Gasteiger partial charge is 0.0674 e. The largest absolute Gasteiger partial charge is 0.303 e. The van der Waals surface area contributed by atoms with Gasteiger partial charge in [-0.05, 0) is 12.0 Å². The first kappa shape index (κ1) is 9.78. The number of benzene rings is 1. The molecule has 0 bridgehead atoms. The monoisotopic (exact) mass is 176 g/mol. The van der Waals surface area contributed by atoms with Gasteiger partial charge in [-0.25, -0.2) is 0 Å². The Hall–Kier alpha value is -1.31. The van der Waals surface area contributed by atoms with E-state index in [1.54, 1.807) is 0 Å². The maximum absolute atomic E-state index is 4.42. The second-order valence-corrected chi connectivity index (χ2v) is 3.11. The lowest BCUT2D eigenvalue weighted by Crippen LogP contribution is -2.09. The van der Waals surface area contributed by atoms with Gasteiger partial charge in [-0.3, -0.25) is 0 Å². The van der Waals surface area contributed by atoms with E-state index in [0.717, 1.165) is 12.1 Å². The van der Waals surface area contributed by atoms with Crippen molar-refractivity contribution in [1.82, 2.24) is 5.01 Å². The quantitative estimate of drug-likeness (QED) is 0.510. The van der Waals surface area contributed by atoms with E-state index < -0.39 is 0 Å². The third-order valence-corrected chi connectivity index (χ3v) is 1.76. The van der Waals surface area contributed by atoms with E-state index in [1.807, 2.05) is 37.3 Å². The molecule has 2 heteroatoms. The third kappa shape index (κ3) is 2.90. The second-order valence-electron chi connectivity index (χ2n) is 3.11. The van der Waals surface area contributed by atoms with Crippen LogP contribution in [0.2, 0.25) is 0 Å². The van der Waals surface area contributed by atoms with E-state index in [9.17, 15) is 0 Å². The molecule has 0 saturated heterocycles. The van der Waals surface area contributed by atoms with E-state index in [1.165, 1.54) is 5.56 Å². The Morgan fingerprint density at radius 2 is 1.85 bits per heavy atom. The minimum atomic E-state index is 0.961. The summed E-state index contributed by atoms with van der Waals surface area (Å²) < 4.78 is 0. The van der Waals surface area contributed by atoms with E-state index in [0.29, 0.717) is 0 Å². The van der Waals surface area contributed by atoms with Gasteiger partial charge in [-0.2, -0.15) is 5.10 Å². The van der Waals surface area contributed by atoms with Gasteiger partial charge in [0.25, 0.3) is 0 Å². The highest BCUT2D eigenvalue weighted by molar-refractivity contribution is 6.00. The van der Waals surface area contributed by atoms with Crippen molar-refractivity contribution in [2.75, 3.05) is 14.1 Å². The highest BCUT2D eigenvalue weighted by Crippen LogP contribution is 2.04. The SMILES string of the molecule is CC/C(=N/N(C)C)c1ccccc1. The van der Waals surface area contributed by atoms with Crippen LogP contribution in [0.25, 0.3) is 0 Å². The molecule has 0 atom stereocenters.